The molecule has 0 spiro atoms. The van der Waals surface area contributed by atoms with Crippen LogP contribution in [0.5, 0.6) is 0 Å². The van der Waals surface area contributed by atoms with Gasteiger partial charge in [0.2, 0.25) is 0 Å². The van der Waals surface area contributed by atoms with Crippen molar-refractivity contribution in [3.05, 3.63) is 0 Å². The molecule has 1 aliphatic rings. The molecule has 1 aromatic rings. The van der Waals surface area contributed by atoms with Crippen LogP contribution in [0.25, 0.3) is 0 Å². The van der Waals surface area contributed by atoms with Crippen molar-refractivity contribution in [3.8, 4) is 0 Å². The molecule has 1 aliphatic heterocycles. The molecule has 0 unspecified atom stereocenters. The number of aromatic nitrogens is 1. The summed E-state index contributed by atoms with van der Waals surface area (Å²) in [6, 6.07) is 0. The molecule has 0 radical (unpaired) electrons. The Morgan fingerprint density at radius 3 is 2.88 bits per heavy atom. The molecule has 1 fully saturated rings. The fourth-order valence-electron chi connectivity index (χ4n) is 1.93. The zero-order valence-corrected chi connectivity index (χ0v) is 11.4. The molecule has 90 valence electrons. The summed E-state index contributed by atoms with van der Waals surface area (Å²) in [6.45, 7) is 4.48. The maximum Gasteiger partial charge on any atom is 0.153 e. The van der Waals surface area contributed by atoms with Crippen LogP contribution in [0.3, 0.4) is 0 Å². The molecule has 1 aromatic heterocycles. The number of nitrogens with zero attached hydrogens (tertiary/aromatic N) is 3. The summed E-state index contributed by atoms with van der Waals surface area (Å²) < 4.78 is 4.26. The minimum absolute atomic E-state index is 0.685. The van der Waals surface area contributed by atoms with Crippen molar-refractivity contribution >= 4 is 34.1 Å². The summed E-state index contributed by atoms with van der Waals surface area (Å²) in [6.07, 6.45) is 3.27. The highest BCUT2D eigenvalue weighted by Crippen LogP contribution is 2.37. The summed E-state index contributed by atoms with van der Waals surface area (Å²) in [4.78, 5) is 5.95. The van der Waals surface area contributed by atoms with Gasteiger partial charge in [0.15, 0.2) is 5.82 Å². The standard InChI is InChI=1S/C10H18N4S2/c1-13-4-3-5-14(7-6-13)10-8(15-2)9(11)12-16-10/h3-7H2,1-2H3,(H2,11,12). The van der Waals surface area contributed by atoms with Crippen molar-refractivity contribution < 1.29 is 0 Å². The molecular weight excluding hydrogens is 240 g/mol. The van der Waals surface area contributed by atoms with E-state index in [1.54, 1.807) is 11.8 Å². The number of hydrogen-bond donors (Lipinski definition) is 1. The third-order valence-electron chi connectivity index (χ3n) is 2.87. The van der Waals surface area contributed by atoms with Crippen molar-refractivity contribution in [1.82, 2.24) is 9.27 Å². The SMILES string of the molecule is CSc1c(N)nsc1N1CCCN(C)CC1. The predicted octanol–water partition coefficient (Wildman–Crippen LogP) is 1.59. The highest BCUT2D eigenvalue weighted by molar-refractivity contribution is 7.99. The van der Waals surface area contributed by atoms with Crippen molar-refractivity contribution in [1.29, 1.82) is 0 Å². The fourth-order valence-corrected chi connectivity index (χ4v) is 3.67. The first kappa shape index (κ1) is 12.0. The lowest BCUT2D eigenvalue weighted by Crippen LogP contribution is -2.28. The third kappa shape index (κ3) is 2.44. The lowest BCUT2D eigenvalue weighted by Gasteiger charge is -2.21. The number of thioether (sulfide) groups is 1. The Morgan fingerprint density at radius 1 is 1.31 bits per heavy atom. The maximum atomic E-state index is 5.87. The number of nitrogen functional groups attached to an aromatic ring is 1. The van der Waals surface area contributed by atoms with Gasteiger partial charge in [0, 0.05) is 19.6 Å². The van der Waals surface area contributed by atoms with Gasteiger partial charge in [0.05, 0.1) is 4.90 Å². The van der Waals surface area contributed by atoms with Gasteiger partial charge in [-0.2, -0.15) is 4.37 Å². The Morgan fingerprint density at radius 2 is 2.12 bits per heavy atom. The second kappa shape index (κ2) is 5.25. The zero-order chi connectivity index (χ0) is 11.5. The highest BCUT2D eigenvalue weighted by atomic mass is 32.2. The fraction of sp³-hybridized carbons (Fsp3) is 0.700. The minimum atomic E-state index is 0.685. The van der Waals surface area contributed by atoms with E-state index < -0.39 is 0 Å². The Labute approximate surface area is 105 Å². The summed E-state index contributed by atoms with van der Waals surface area (Å²) >= 11 is 3.23. The van der Waals surface area contributed by atoms with Gasteiger partial charge in [0.1, 0.15) is 5.00 Å². The van der Waals surface area contributed by atoms with Crippen molar-refractivity contribution in [3.63, 3.8) is 0 Å². The summed E-state index contributed by atoms with van der Waals surface area (Å²) in [5.41, 5.74) is 5.87. The molecule has 2 rings (SSSR count). The van der Waals surface area contributed by atoms with Crippen LogP contribution in [0, 0.1) is 0 Å². The monoisotopic (exact) mass is 258 g/mol. The van der Waals surface area contributed by atoms with Crippen LogP contribution >= 0.6 is 23.3 Å². The van der Waals surface area contributed by atoms with Gasteiger partial charge in [-0.3, -0.25) is 0 Å². The highest BCUT2D eigenvalue weighted by Gasteiger charge is 2.19. The Kier molecular flexibility index (Phi) is 3.94. The van der Waals surface area contributed by atoms with Crippen LogP contribution in [-0.4, -0.2) is 48.8 Å². The van der Waals surface area contributed by atoms with E-state index in [0.29, 0.717) is 5.82 Å². The van der Waals surface area contributed by atoms with Gasteiger partial charge >= 0.3 is 0 Å². The van der Waals surface area contributed by atoms with Crippen LogP contribution in [0.2, 0.25) is 0 Å². The van der Waals surface area contributed by atoms with Gasteiger partial charge in [0.25, 0.3) is 0 Å². The average molecular weight is 258 g/mol. The number of anilines is 2. The molecule has 0 atom stereocenters. The molecule has 1 saturated heterocycles. The zero-order valence-electron chi connectivity index (χ0n) is 9.77. The van der Waals surface area contributed by atoms with Gasteiger partial charge in [-0.15, -0.1) is 11.8 Å². The van der Waals surface area contributed by atoms with Crippen LogP contribution in [-0.2, 0) is 0 Å². The van der Waals surface area contributed by atoms with E-state index in [-0.39, 0.29) is 0 Å². The summed E-state index contributed by atoms with van der Waals surface area (Å²) in [5.74, 6) is 0.685. The van der Waals surface area contributed by atoms with Crippen LogP contribution in [0.4, 0.5) is 10.8 Å². The lowest BCUT2D eigenvalue weighted by atomic mass is 10.4. The molecule has 0 bridgehead atoms. The second-order valence-corrected chi connectivity index (χ2v) is 5.62. The summed E-state index contributed by atoms with van der Waals surface area (Å²) in [7, 11) is 2.18. The number of rotatable bonds is 2. The quantitative estimate of drug-likeness (QED) is 0.816. The third-order valence-corrected chi connectivity index (χ3v) is 4.73. The maximum absolute atomic E-state index is 5.87. The van der Waals surface area contributed by atoms with Crippen LogP contribution in [0.1, 0.15) is 6.42 Å². The predicted molar refractivity (Wildman–Crippen MR) is 72.6 cm³/mol. The van der Waals surface area contributed by atoms with E-state index in [4.69, 9.17) is 5.73 Å². The molecule has 6 heteroatoms. The Bertz CT molecular complexity index is 353. The van der Waals surface area contributed by atoms with E-state index in [9.17, 15) is 0 Å². The first-order valence-electron chi connectivity index (χ1n) is 5.45. The molecule has 0 saturated carbocycles. The second-order valence-electron chi connectivity index (χ2n) is 4.05. The summed E-state index contributed by atoms with van der Waals surface area (Å²) in [5, 5.41) is 1.25. The molecule has 4 nitrogen and oxygen atoms in total. The smallest absolute Gasteiger partial charge is 0.153 e. The lowest BCUT2D eigenvalue weighted by molar-refractivity contribution is 0.360. The van der Waals surface area contributed by atoms with E-state index in [1.165, 1.54) is 29.5 Å². The van der Waals surface area contributed by atoms with Crippen LogP contribution in [0.15, 0.2) is 4.90 Å². The van der Waals surface area contributed by atoms with E-state index in [0.717, 1.165) is 24.5 Å². The van der Waals surface area contributed by atoms with Crippen LogP contribution < -0.4 is 10.6 Å². The van der Waals surface area contributed by atoms with E-state index in [1.807, 2.05) is 0 Å². The molecule has 2 N–H and O–H groups in total. The van der Waals surface area contributed by atoms with Gasteiger partial charge < -0.3 is 15.5 Å². The van der Waals surface area contributed by atoms with Gasteiger partial charge in [-0.05, 0) is 37.8 Å². The topological polar surface area (TPSA) is 45.4 Å². The number of hydrogen-bond acceptors (Lipinski definition) is 6. The Balaban J connectivity index is 2.16. The molecule has 2 heterocycles. The van der Waals surface area contributed by atoms with Crippen molar-refractivity contribution in [2.45, 2.75) is 11.3 Å². The first-order valence-corrected chi connectivity index (χ1v) is 7.45. The van der Waals surface area contributed by atoms with Crippen molar-refractivity contribution in [2.75, 3.05) is 50.1 Å². The average Bonchev–Trinajstić information content (AvgIpc) is 2.50. The molecular formula is C10H18N4S2. The molecule has 0 amide bonds. The largest absolute Gasteiger partial charge is 0.382 e. The minimum Gasteiger partial charge on any atom is -0.382 e. The molecule has 0 aromatic carbocycles. The van der Waals surface area contributed by atoms with Gasteiger partial charge in [-0.1, -0.05) is 0 Å². The Hall–Kier alpha value is -0.460. The van der Waals surface area contributed by atoms with E-state index in [2.05, 4.69) is 27.5 Å². The molecule has 0 aliphatic carbocycles. The van der Waals surface area contributed by atoms with Gasteiger partial charge in [-0.25, -0.2) is 0 Å². The number of nitrogens with two attached hydrogens (primary N) is 1. The number of likely N-dealkylation sites (N-methyl/N-ethyl adjacent to an activating group) is 1. The normalized spacial score (nSPS) is 18.8. The van der Waals surface area contributed by atoms with E-state index >= 15 is 0 Å². The van der Waals surface area contributed by atoms with Crippen molar-refractivity contribution in [2.24, 2.45) is 0 Å². The molecule has 16 heavy (non-hydrogen) atoms. The first-order chi connectivity index (χ1) is 7.72.